The smallest absolute Gasteiger partial charge is 0.251 e. The fourth-order valence-corrected chi connectivity index (χ4v) is 2.38. The van der Waals surface area contributed by atoms with Gasteiger partial charge >= 0.3 is 0 Å². The van der Waals surface area contributed by atoms with E-state index >= 15 is 0 Å². The Hall–Kier alpha value is -2.89. The fraction of sp³-hybridized carbons (Fsp3) is 0.300. The Kier molecular flexibility index (Phi) is 8.12. The van der Waals surface area contributed by atoms with Crippen LogP contribution >= 0.6 is 0 Å². The van der Waals surface area contributed by atoms with Crippen LogP contribution in [0.1, 0.15) is 22.8 Å². The van der Waals surface area contributed by atoms with E-state index in [1.807, 2.05) is 31.2 Å². The third kappa shape index (κ3) is 6.55. The molecule has 0 aromatic heterocycles. The molecule has 0 aliphatic heterocycles. The number of hydrogen-bond donors (Lipinski definition) is 3. The van der Waals surface area contributed by atoms with E-state index in [1.54, 1.807) is 24.3 Å². The molecule has 2 aromatic rings. The minimum Gasteiger partial charge on any atom is -0.357 e. The number of hydrogen-bond acceptors (Lipinski definition) is 2. The van der Waals surface area contributed by atoms with E-state index < -0.39 is 0 Å². The lowest BCUT2D eigenvalue weighted by Crippen LogP contribution is -2.41. The van der Waals surface area contributed by atoms with E-state index in [4.69, 9.17) is 0 Å². The van der Waals surface area contributed by atoms with Crippen LogP contribution in [-0.4, -0.2) is 38.0 Å². The molecule has 1 amide bonds. The van der Waals surface area contributed by atoms with Gasteiger partial charge in [-0.2, -0.15) is 0 Å². The number of aliphatic imine (C=N–C) groups is 1. The Morgan fingerprint density at radius 3 is 2.38 bits per heavy atom. The number of guanidine groups is 1. The van der Waals surface area contributed by atoms with Gasteiger partial charge in [-0.15, -0.1) is 0 Å². The summed E-state index contributed by atoms with van der Waals surface area (Å²) in [6.07, 6.45) is 0.536. The molecule has 5 nitrogen and oxygen atoms in total. The highest BCUT2D eigenvalue weighted by molar-refractivity contribution is 5.94. The molecule has 0 fully saturated rings. The quantitative estimate of drug-likeness (QED) is 0.386. The van der Waals surface area contributed by atoms with Crippen molar-refractivity contribution in [3.63, 3.8) is 0 Å². The Bertz CT molecular complexity index is 719. The first-order valence-corrected chi connectivity index (χ1v) is 8.79. The van der Waals surface area contributed by atoms with E-state index in [-0.39, 0.29) is 11.7 Å². The Balaban J connectivity index is 1.75. The number of nitrogens with zero attached hydrogens (tertiary/aromatic N) is 1. The van der Waals surface area contributed by atoms with Crippen LogP contribution in [0.3, 0.4) is 0 Å². The molecule has 0 saturated heterocycles. The van der Waals surface area contributed by atoms with Gasteiger partial charge in [-0.05, 0) is 37.1 Å². The second kappa shape index (κ2) is 10.9. The van der Waals surface area contributed by atoms with Gasteiger partial charge in [0.05, 0.1) is 0 Å². The van der Waals surface area contributed by atoms with E-state index in [1.165, 1.54) is 6.07 Å². The van der Waals surface area contributed by atoms with Crippen molar-refractivity contribution in [1.82, 2.24) is 16.0 Å². The fourth-order valence-electron chi connectivity index (χ4n) is 2.38. The predicted octanol–water partition coefficient (Wildman–Crippen LogP) is 2.35. The van der Waals surface area contributed by atoms with E-state index in [2.05, 4.69) is 20.9 Å². The number of carbonyl (C=O) groups excluding carboxylic acids is 1. The monoisotopic (exact) mass is 356 g/mol. The van der Waals surface area contributed by atoms with Crippen molar-refractivity contribution in [2.75, 3.05) is 26.2 Å². The molecular weight excluding hydrogens is 331 g/mol. The van der Waals surface area contributed by atoms with Crippen LogP contribution in [0.5, 0.6) is 0 Å². The summed E-state index contributed by atoms with van der Waals surface area (Å²) in [6.45, 7) is 4.20. The number of nitrogens with one attached hydrogen (secondary N) is 3. The maximum atomic E-state index is 13.6. The van der Waals surface area contributed by atoms with Crippen molar-refractivity contribution >= 4 is 11.9 Å². The van der Waals surface area contributed by atoms with Crippen LogP contribution in [0.15, 0.2) is 59.6 Å². The molecule has 2 aromatic carbocycles. The lowest BCUT2D eigenvalue weighted by Gasteiger charge is -2.12. The van der Waals surface area contributed by atoms with Gasteiger partial charge in [0.15, 0.2) is 5.96 Å². The molecule has 26 heavy (non-hydrogen) atoms. The number of halogens is 1. The van der Waals surface area contributed by atoms with Crippen molar-refractivity contribution < 1.29 is 9.18 Å². The molecule has 2 rings (SSSR count). The topological polar surface area (TPSA) is 65.5 Å². The maximum Gasteiger partial charge on any atom is 0.251 e. The highest BCUT2D eigenvalue weighted by Crippen LogP contribution is 2.06. The van der Waals surface area contributed by atoms with E-state index in [9.17, 15) is 9.18 Å². The van der Waals surface area contributed by atoms with Gasteiger partial charge in [0.1, 0.15) is 5.82 Å². The predicted molar refractivity (Wildman–Crippen MR) is 103 cm³/mol. The molecule has 138 valence electrons. The first-order chi connectivity index (χ1) is 12.7. The second-order valence-electron chi connectivity index (χ2n) is 5.65. The first kappa shape index (κ1) is 19.4. The Labute approximate surface area is 153 Å². The standard InChI is InChI=1S/C20H25FN4O/c1-2-22-20(24-13-12-16-8-6-7-11-18(16)21)25-15-14-23-19(26)17-9-4-3-5-10-17/h3-11H,2,12-15H2,1H3,(H,23,26)(H2,22,24,25). The van der Waals surface area contributed by atoms with Crippen LogP contribution in [0, 0.1) is 5.82 Å². The summed E-state index contributed by atoms with van der Waals surface area (Å²) in [5.74, 6) is 0.343. The Morgan fingerprint density at radius 2 is 1.65 bits per heavy atom. The summed E-state index contributed by atoms with van der Waals surface area (Å²) in [5.41, 5.74) is 1.29. The number of amides is 1. The van der Waals surface area contributed by atoms with Crippen molar-refractivity contribution in [2.24, 2.45) is 4.99 Å². The zero-order valence-corrected chi connectivity index (χ0v) is 15.0. The summed E-state index contributed by atoms with van der Waals surface area (Å²) in [5, 5.41) is 9.15. The first-order valence-electron chi connectivity index (χ1n) is 8.79. The molecule has 0 saturated carbocycles. The third-order valence-corrected chi connectivity index (χ3v) is 3.69. The lowest BCUT2D eigenvalue weighted by atomic mass is 10.1. The van der Waals surface area contributed by atoms with Gasteiger partial charge in [-0.3, -0.25) is 9.79 Å². The zero-order chi connectivity index (χ0) is 18.6. The van der Waals surface area contributed by atoms with Gasteiger partial charge < -0.3 is 16.0 Å². The summed E-state index contributed by atoms with van der Waals surface area (Å²) in [7, 11) is 0. The van der Waals surface area contributed by atoms with Crippen LogP contribution in [0.4, 0.5) is 4.39 Å². The summed E-state index contributed by atoms with van der Waals surface area (Å²) in [6, 6.07) is 15.8. The summed E-state index contributed by atoms with van der Waals surface area (Å²) in [4.78, 5) is 16.4. The molecule has 3 N–H and O–H groups in total. The van der Waals surface area contributed by atoms with Crippen molar-refractivity contribution in [1.29, 1.82) is 0 Å². The van der Waals surface area contributed by atoms with Crippen molar-refractivity contribution in [2.45, 2.75) is 13.3 Å². The minimum absolute atomic E-state index is 0.103. The molecule has 0 aliphatic rings. The van der Waals surface area contributed by atoms with Crippen LogP contribution in [-0.2, 0) is 6.42 Å². The highest BCUT2D eigenvalue weighted by Gasteiger charge is 2.04. The zero-order valence-electron chi connectivity index (χ0n) is 15.0. The van der Waals surface area contributed by atoms with Crippen LogP contribution in [0.2, 0.25) is 0 Å². The second-order valence-corrected chi connectivity index (χ2v) is 5.65. The van der Waals surface area contributed by atoms with Gasteiger partial charge in [-0.25, -0.2) is 4.39 Å². The summed E-state index contributed by atoms with van der Waals surface area (Å²) >= 11 is 0. The molecule has 0 bridgehead atoms. The average molecular weight is 356 g/mol. The molecule has 0 atom stereocenters. The Morgan fingerprint density at radius 1 is 0.962 bits per heavy atom. The largest absolute Gasteiger partial charge is 0.357 e. The number of benzene rings is 2. The van der Waals surface area contributed by atoms with Gasteiger partial charge in [0.2, 0.25) is 0 Å². The SMILES string of the molecule is CCNC(=NCCc1ccccc1F)NCCNC(=O)c1ccccc1. The molecule has 6 heteroatoms. The molecular formula is C20H25FN4O. The van der Waals surface area contributed by atoms with Crippen LogP contribution in [0.25, 0.3) is 0 Å². The average Bonchev–Trinajstić information content (AvgIpc) is 2.67. The molecule has 0 aliphatic carbocycles. The lowest BCUT2D eigenvalue weighted by molar-refractivity contribution is 0.0954. The van der Waals surface area contributed by atoms with Gasteiger partial charge in [0.25, 0.3) is 5.91 Å². The van der Waals surface area contributed by atoms with Crippen molar-refractivity contribution in [3.05, 3.63) is 71.5 Å². The summed E-state index contributed by atoms with van der Waals surface area (Å²) < 4.78 is 13.6. The molecule has 0 heterocycles. The highest BCUT2D eigenvalue weighted by atomic mass is 19.1. The normalized spacial score (nSPS) is 11.1. The minimum atomic E-state index is -0.204. The third-order valence-electron chi connectivity index (χ3n) is 3.69. The molecule has 0 spiro atoms. The van der Waals surface area contributed by atoms with Crippen LogP contribution < -0.4 is 16.0 Å². The number of carbonyl (C=O) groups is 1. The molecule has 0 radical (unpaired) electrons. The van der Waals surface area contributed by atoms with Crippen molar-refractivity contribution in [3.8, 4) is 0 Å². The van der Waals surface area contributed by atoms with Gasteiger partial charge in [-0.1, -0.05) is 36.4 Å². The van der Waals surface area contributed by atoms with Gasteiger partial charge in [0, 0.05) is 31.7 Å². The number of rotatable bonds is 8. The van der Waals surface area contributed by atoms with E-state index in [0.717, 1.165) is 6.54 Å². The van der Waals surface area contributed by atoms with E-state index in [0.29, 0.717) is 43.1 Å². The maximum absolute atomic E-state index is 13.6. The molecule has 0 unspecified atom stereocenters.